The molecule has 2 aliphatic rings. The van der Waals surface area contributed by atoms with Crippen LogP contribution in [0, 0.1) is 13.8 Å². The average molecular weight is 780 g/mol. The maximum absolute atomic E-state index is 9.54. The van der Waals surface area contributed by atoms with E-state index in [1.807, 2.05) is 109 Å². The summed E-state index contributed by atoms with van der Waals surface area (Å²) in [5.41, 5.74) is 6.80. The molecule has 0 saturated carbocycles. The maximum atomic E-state index is 9.54. The van der Waals surface area contributed by atoms with E-state index in [1.54, 1.807) is 0 Å². The fraction of sp³-hybridized carbons (Fsp3) is 0.300. The van der Waals surface area contributed by atoms with Crippen LogP contribution in [0.15, 0.2) is 130 Å². The van der Waals surface area contributed by atoms with E-state index in [1.165, 1.54) is 11.1 Å². The molecular formula is C40H48CoN8O5. The van der Waals surface area contributed by atoms with E-state index < -0.39 is 0 Å². The number of hydrogen-bond donors (Lipinski definition) is 4. The zero-order valence-corrected chi connectivity index (χ0v) is 31.6. The van der Waals surface area contributed by atoms with Gasteiger partial charge >= 0.3 is 16.8 Å². The minimum Gasteiger partial charge on any atom is -2.00 e. The average Bonchev–Trinajstić information content (AvgIpc) is 3.19. The number of amidine groups is 2. The smallest absolute Gasteiger partial charge is 2.00 e. The van der Waals surface area contributed by atoms with Gasteiger partial charge in [0.2, 0.25) is 0 Å². The second-order valence-corrected chi connectivity index (χ2v) is 13.0. The van der Waals surface area contributed by atoms with Crippen molar-refractivity contribution in [2.24, 2.45) is 20.6 Å². The molecule has 0 bridgehead atoms. The van der Waals surface area contributed by atoms with Crippen LogP contribution in [0.5, 0.6) is 0 Å². The van der Waals surface area contributed by atoms with Crippen molar-refractivity contribution >= 4 is 23.1 Å². The largest absolute Gasteiger partial charge is 2.00 e. The molecule has 6 rings (SSSR count). The first-order valence-electron chi connectivity index (χ1n) is 17.5. The first kappa shape index (κ1) is 43.2. The van der Waals surface area contributed by atoms with E-state index >= 15 is 0 Å². The van der Waals surface area contributed by atoms with Crippen LogP contribution in [0.25, 0.3) is 0 Å². The molecule has 0 atom stereocenters. The Balaban J connectivity index is 0.000000280. The summed E-state index contributed by atoms with van der Waals surface area (Å²) in [5.74, 6) is 0.603. The normalized spacial score (nSPS) is 16.1. The predicted octanol–water partition coefficient (Wildman–Crippen LogP) is 5.44. The summed E-state index contributed by atoms with van der Waals surface area (Å²) in [4.78, 5) is 8.64. The second kappa shape index (κ2) is 22.1. The van der Waals surface area contributed by atoms with Crippen molar-refractivity contribution in [3.63, 3.8) is 0 Å². The standard InChI is InChI=1S/2C20H24N4O2.Co.O/c2*1-16-7-9-18(10-8-16)19(21-25)20(22-26)24-13-11-23(12-14-24)15-17-5-3-2-4-6-17;;/h2*2-10,25-26H,11-15H2,1H3;;/q;;+2;-2/b2*21-19+,22-20-;;. The van der Waals surface area contributed by atoms with Crippen molar-refractivity contribution in [1.29, 1.82) is 0 Å². The van der Waals surface area contributed by atoms with Crippen LogP contribution >= 0.6 is 0 Å². The van der Waals surface area contributed by atoms with E-state index in [4.69, 9.17) is 0 Å². The van der Waals surface area contributed by atoms with Gasteiger partial charge in [-0.3, -0.25) is 9.80 Å². The minimum absolute atomic E-state index is 0. The zero-order chi connectivity index (χ0) is 36.7. The first-order chi connectivity index (χ1) is 25.4. The molecule has 2 saturated heterocycles. The van der Waals surface area contributed by atoms with Gasteiger partial charge in [0.05, 0.1) is 0 Å². The van der Waals surface area contributed by atoms with Gasteiger partial charge < -0.3 is 36.1 Å². The summed E-state index contributed by atoms with van der Waals surface area (Å²) in [6, 6.07) is 35.9. The number of benzene rings is 4. The molecule has 4 aromatic carbocycles. The molecule has 0 aromatic heterocycles. The van der Waals surface area contributed by atoms with Crippen molar-refractivity contribution in [1.82, 2.24) is 19.6 Å². The van der Waals surface area contributed by atoms with Crippen LogP contribution in [-0.2, 0) is 35.3 Å². The molecule has 2 heterocycles. The Labute approximate surface area is 327 Å². The molecular weight excluding hydrogens is 731 g/mol. The van der Waals surface area contributed by atoms with Crippen LogP contribution in [0.4, 0.5) is 0 Å². The monoisotopic (exact) mass is 779 g/mol. The molecule has 4 aromatic rings. The van der Waals surface area contributed by atoms with E-state index in [2.05, 4.69) is 54.7 Å². The third-order valence-corrected chi connectivity index (χ3v) is 9.30. The SMILES string of the molecule is Cc1ccc(C(=N\O)/C(=N/O)N2CCN(Cc3ccccc3)CC2)cc1.Cc1ccc(C(=N\O)/C(=N/O)N2CCN(Cc3ccccc3)CC2)cc1.[Co+2].[O-2]. The van der Waals surface area contributed by atoms with Gasteiger partial charge in [0.1, 0.15) is 0 Å². The zero-order valence-electron chi connectivity index (χ0n) is 30.6. The van der Waals surface area contributed by atoms with Crippen molar-refractivity contribution in [2.75, 3.05) is 52.4 Å². The third kappa shape index (κ3) is 11.9. The van der Waals surface area contributed by atoms with Gasteiger partial charge in [-0.05, 0) is 25.0 Å². The van der Waals surface area contributed by atoms with Gasteiger partial charge in [-0.2, -0.15) is 0 Å². The van der Waals surface area contributed by atoms with Crippen LogP contribution < -0.4 is 0 Å². The van der Waals surface area contributed by atoms with Gasteiger partial charge in [-0.1, -0.05) is 141 Å². The van der Waals surface area contributed by atoms with E-state index in [9.17, 15) is 20.8 Å². The fourth-order valence-corrected chi connectivity index (χ4v) is 6.33. The van der Waals surface area contributed by atoms with Crippen LogP contribution in [0.1, 0.15) is 33.4 Å². The third-order valence-electron chi connectivity index (χ3n) is 9.30. The summed E-state index contributed by atoms with van der Waals surface area (Å²) in [6.45, 7) is 12.0. The molecule has 1 radical (unpaired) electrons. The Morgan fingerprint density at radius 2 is 0.778 bits per heavy atom. The molecule has 54 heavy (non-hydrogen) atoms. The van der Waals surface area contributed by atoms with Crippen molar-refractivity contribution in [2.45, 2.75) is 26.9 Å². The predicted molar refractivity (Wildman–Crippen MR) is 205 cm³/mol. The molecule has 0 aliphatic carbocycles. The van der Waals surface area contributed by atoms with Gasteiger partial charge in [0.15, 0.2) is 23.1 Å². The molecule has 2 aliphatic heterocycles. The van der Waals surface area contributed by atoms with E-state index in [-0.39, 0.29) is 33.7 Å². The summed E-state index contributed by atoms with van der Waals surface area (Å²) in [5, 5.41) is 51.7. The Kier molecular flexibility index (Phi) is 17.6. The summed E-state index contributed by atoms with van der Waals surface area (Å²) in [7, 11) is 0. The van der Waals surface area contributed by atoms with Crippen molar-refractivity contribution in [3.8, 4) is 0 Å². The molecule has 287 valence electrons. The Morgan fingerprint density at radius 1 is 0.463 bits per heavy atom. The molecule has 0 amide bonds. The number of piperazine rings is 2. The maximum Gasteiger partial charge on any atom is 2.00 e. The van der Waals surface area contributed by atoms with Crippen LogP contribution in [0.2, 0.25) is 0 Å². The van der Waals surface area contributed by atoms with E-state index in [0.717, 1.165) is 61.5 Å². The Bertz CT molecular complexity index is 1670. The molecule has 4 N–H and O–H groups in total. The minimum atomic E-state index is 0. The first-order valence-corrected chi connectivity index (χ1v) is 17.5. The molecule has 2 fully saturated rings. The molecule has 0 spiro atoms. The van der Waals surface area contributed by atoms with Gasteiger partial charge in [-0.15, -0.1) is 0 Å². The fourth-order valence-electron chi connectivity index (χ4n) is 6.33. The molecule has 14 heteroatoms. The number of rotatable bonds is 8. The number of oxime groups is 4. The Morgan fingerprint density at radius 3 is 1.06 bits per heavy atom. The molecule has 0 unspecified atom stereocenters. The van der Waals surface area contributed by atoms with Crippen LogP contribution in [0.3, 0.4) is 0 Å². The summed E-state index contributed by atoms with van der Waals surface area (Å²) in [6.07, 6.45) is 0. The van der Waals surface area contributed by atoms with Gasteiger partial charge in [0, 0.05) is 76.6 Å². The number of nitrogens with zero attached hydrogens (tertiary/aromatic N) is 8. The summed E-state index contributed by atoms with van der Waals surface area (Å²) < 4.78 is 0. The summed E-state index contributed by atoms with van der Waals surface area (Å²) >= 11 is 0. The second-order valence-electron chi connectivity index (χ2n) is 13.0. The van der Waals surface area contributed by atoms with E-state index in [0.29, 0.717) is 37.9 Å². The van der Waals surface area contributed by atoms with Crippen molar-refractivity contribution < 1.29 is 43.1 Å². The van der Waals surface area contributed by atoms with Gasteiger partial charge in [-0.25, -0.2) is 0 Å². The van der Waals surface area contributed by atoms with Crippen LogP contribution in [-0.4, -0.2) is 116 Å². The quantitative estimate of drug-likeness (QED) is 0.0793. The van der Waals surface area contributed by atoms with Gasteiger partial charge in [0.25, 0.3) is 0 Å². The molecule has 13 nitrogen and oxygen atoms in total. The number of hydrogen-bond acceptors (Lipinski definition) is 10. The number of aryl methyl sites for hydroxylation is 2. The topological polar surface area (TPSA) is 172 Å². The van der Waals surface area contributed by atoms with Crippen molar-refractivity contribution in [3.05, 3.63) is 143 Å². The Hall–Kier alpha value is -5.25.